The zero-order chi connectivity index (χ0) is 8.10. The van der Waals surface area contributed by atoms with Crippen LogP contribution in [0.4, 0.5) is 4.39 Å². The Balaban J connectivity index is 2.27. The summed E-state index contributed by atoms with van der Waals surface area (Å²) >= 11 is 0. The van der Waals surface area contributed by atoms with Crippen LogP contribution in [0.1, 0.15) is 25.7 Å². The predicted molar refractivity (Wildman–Crippen MR) is 40.9 cm³/mol. The van der Waals surface area contributed by atoms with Gasteiger partial charge in [0, 0.05) is 11.5 Å². The minimum absolute atomic E-state index is 0.287. The summed E-state index contributed by atoms with van der Waals surface area (Å²) in [6.45, 7) is 0.469. The first-order chi connectivity index (χ1) is 5.33. The summed E-state index contributed by atoms with van der Waals surface area (Å²) in [5.41, 5.74) is 8.03. The molecule has 0 aromatic heterocycles. The van der Waals surface area contributed by atoms with Gasteiger partial charge in [0.1, 0.15) is 6.17 Å². The van der Waals surface area contributed by atoms with Gasteiger partial charge in [0.2, 0.25) is 0 Å². The molecule has 1 saturated carbocycles. The SMILES string of the molecule is [N-]=[N+]=NCC1CCCC(F)C1. The molecule has 1 aliphatic carbocycles. The number of alkyl halides is 1. The van der Waals surface area contributed by atoms with Crippen LogP contribution in [0, 0.1) is 5.92 Å². The van der Waals surface area contributed by atoms with Crippen molar-refractivity contribution in [2.24, 2.45) is 11.0 Å². The van der Waals surface area contributed by atoms with Crippen LogP contribution in [0.3, 0.4) is 0 Å². The average Bonchev–Trinajstić information content (AvgIpc) is 2.01. The highest BCUT2D eigenvalue weighted by Crippen LogP contribution is 2.26. The van der Waals surface area contributed by atoms with Gasteiger partial charge in [-0.2, -0.15) is 0 Å². The van der Waals surface area contributed by atoms with Crippen molar-refractivity contribution in [1.82, 2.24) is 0 Å². The molecular formula is C7H12FN3. The van der Waals surface area contributed by atoms with Crippen molar-refractivity contribution in [2.75, 3.05) is 6.54 Å². The van der Waals surface area contributed by atoms with Gasteiger partial charge in [-0.25, -0.2) is 4.39 Å². The first-order valence-corrected chi connectivity index (χ1v) is 3.98. The van der Waals surface area contributed by atoms with E-state index in [-0.39, 0.29) is 5.92 Å². The van der Waals surface area contributed by atoms with Crippen LogP contribution in [0.25, 0.3) is 10.4 Å². The summed E-state index contributed by atoms with van der Waals surface area (Å²) in [6, 6.07) is 0. The van der Waals surface area contributed by atoms with Crippen LogP contribution in [0.5, 0.6) is 0 Å². The molecule has 0 spiro atoms. The second kappa shape index (κ2) is 4.19. The minimum Gasteiger partial charge on any atom is -0.247 e. The summed E-state index contributed by atoms with van der Waals surface area (Å²) in [4.78, 5) is 2.66. The summed E-state index contributed by atoms with van der Waals surface area (Å²) in [6.07, 6.45) is 2.56. The molecule has 11 heavy (non-hydrogen) atoms. The molecule has 2 unspecified atom stereocenters. The van der Waals surface area contributed by atoms with Crippen LogP contribution >= 0.6 is 0 Å². The predicted octanol–water partition coefficient (Wildman–Crippen LogP) is 2.83. The summed E-state index contributed by atoms with van der Waals surface area (Å²) in [7, 11) is 0. The van der Waals surface area contributed by atoms with E-state index in [9.17, 15) is 4.39 Å². The lowest BCUT2D eigenvalue weighted by atomic mass is 9.88. The second-order valence-corrected chi connectivity index (χ2v) is 3.04. The van der Waals surface area contributed by atoms with Crippen molar-refractivity contribution in [3.8, 4) is 0 Å². The topological polar surface area (TPSA) is 48.8 Å². The van der Waals surface area contributed by atoms with Gasteiger partial charge in [-0.1, -0.05) is 18.0 Å². The lowest BCUT2D eigenvalue weighted by molar-refractivity contribution is 0.202. The van der Waals surface area contributed by atoms with E-state index >= 15 is 0 Å². The van der Waals surface area contributed by atoms with Gasteiger partial charge < -0.3 is 0 Å². The molecule has 0 saturated heterocycles. The first-order valence-electron chi connectivity index (χ1n) is 3.98. The molecule has 0 aliphatic heterocycles. The van der Waals surface area contributed by atoms with E-state index in [1.54, 1.807) is 0 Å². The molecule has 4 heteroatoms. The Morgan fingerprint density at radius 2 is 2.36 bits per heavy atom. The summed E-state index contributed by atoms with van der Waals surface area (Å²) in [5, 5.41) is 3.44. The molecule has 3 nitrogen and oxygen atoms in total. The van der Waals surface area contributed by atoms with Crippen LogP contribution in [0.15, 0.2) is 5.11 Å². The molecule has 1 fully saturated rings. The number of nitrogens with zero attached hydrogens (tertiary/aromatic N) is 3. The average molecular weight is 157 g/mol. The fourth-order valence-corrected chi connectivity index (χ4v) is 1.54. The van der Waals surface area contributed by atoms with Crippen LogP contribution in [0.2, 0.25) is 0 Å². The van der Waals surface area contributed by atoms with Crippen molar-refractivity contribution >= 4 is 0 Å². The standard InChI is InChI=1S/C7H12FN3/c8-7-3-1-2-6(4-7)5-10-11-9/h6-7H,1-5H2. The fraction of sp³-hybridized carbons (Fsp3) is 1.00. The fourth-order valence-electron chi connectivity index (χ4n) is 1.54. The zero-order valence-electron chi connectivity index (χ0n) is 6.41. The molecule has 0 bridgehead atoms. The number of rotatable bonds is 2. The molecule has 1 aliphatic rings. The maximum atomic E-state index is 12.7. The maximum absolute atomic E-state index is 12.7. The van der Waals surface area contributed by atoms with Crippen LogP contribution in [-0.2, 0) is 0 Å². The smallest absolute Gasteiger partial charge is 0.100 e. The number of hydrogen-bond acceptors (Lipinski definition) is 1. The normalized spacial score (nSPS) is 31.0. The van der Waals surface area contributed by atoms with Crippen LogP contribution < -0.4 is 0 Å². The number of hydrogen-bond donors (Lipinski definition) is 0. The van der Waals surface area contributed by atoms with Crippen molar-refractivity contribution < 1.29 is 4.39 Å². The number of halogens is 1. The Kier molecular flexibility index (Phi) is 3.17. The van der Waals surface area contributed by atoms with E-state index in [2.05, 4.69) is 10.0 Å². The molecule has 0 amide bonds. The maximum Gasteiger partial charge on any atom is 0.100 e. The van der Waals surface area contributed by atoms with E-state index in [0.717, 1.165) is 12.8 Å². The first kappa shape index (κ1) is 8.34. The third kappa shape index (κ3) is 2.76. The molecule has 2 atom stereocenters. The molecule has 0 aromatic carbocycles. The Morgan fingerprint density at radius 3 is 3.00 bits per heavy atom. The van der Waals surface area contributed by atoms with Gasteiger partial charge >= 0.3 is 0 Å². The van der Waals surface area contributed by atoms with Gasteiger partial charge in [-0.05, 0) is 24.3 Å². The molecule has 0 aromatic rings. The third-order valence-corrected chi connectivity index (χ3v) is 2.12. The Morgan fingerprint density at radius 1 is 1.55 bits per heavy atom. The largest absolute Gasteiger partial charge is 0.247 e. The van der Waals surface area contributed by atoms with Gasteiger partial charge in [0.25, 0.3) is 0 Å². The molecule has 1 rings (SSSR count). The summed E-state index contributed by atoms with van der Waals surface area (Å²) in [5.74, 6) is 0.287. The van der Waals surface area contributed by atoms with Crippen molar-refractivity contribution in [3.05, 3.63) is 10.4 Å². The highest BCUT2D eigenvalue weighted by molar-refractivity contribution is 4.73. The van der Waals surface area contributed by atoms with Gasteiger partial charge in [0.15, 0.2) is 0 Å². The lowest BCUT2D eigenvalue weighted by Gasteiger charge is -2.22. The Bertz CT molecular complexity index is 165. The molecule has 0 heterocycles. The Hall–Kier alpha value is -0.760. The van der Waals surface area contributed by atoms with Gasteiger partial charge in [0.05, 0.1) is 0 Å². The lowest BCUT2D eigenvalue weighted by Crippen LogP contribution is -2.17. The molecular weight excluding hydrogens is 145 g/mol. The monoisotopic (exact) mass is 157 g/mol. The van der Waals surface area contributed by atoms with Crippen molar-refractivity contribution in [2.45, 2.75) is 31.9 Å². The third-order valence-electron chi connectivity index (χ3n) is 2.12. The van der Waals surface area contributed by atoms with E-state index in [1.165, 1.54) is 0 Å². The van der Waals surface area contributed by atoms with Gasteiger partial charge in [-0.3, -0.25) is 0 Å². The quantitative estimate of drug-likeness (QED) is 0.336. The van der Waals surface area contributed by atoms with E-state index in [1.807, 2.05) is 0 Å². The van der Waals surface area contributed by atoms with Crippen LogP contribution in [-0.4, -0.2) is 12.7 Å². The second-order valence-electron chi connectivity index (χ2n) is 3.04. The van der Waals surface area contributed by atoms with Gasteiger partial charge in [-0.15, -0.1) is 0 Å². The zero-order valence-corrected chi connectivity index (χ0v) is 6.41. The molecule has 62 valence electrons. The molecule has 0 N–H and O–H groups in total. The Labute approximate surface area is 65.2 Å². The highest BCUT2D eigenvalue weighted by Gasteiger charge is 2.20. The van der Waals surface area contributed by atoms with E-state index in [0.29, 0.717) is 19.4 Å². The number of azide groups is 1. The van der Waals surface area contributed by atoms with Crippen molar-refractivity contribution in [3.63, 3.8) is 0 Å². The highest BCUT2D eigenvalue weighted by atomic mass is 19.1. The van der Waals surface area contributed by atoms with Crippen molar-refractivity contribution in [1.29, 1.82) is 0 Å². The van der Waals surface area contributed by atoms with E-state index in [4.69, 9.17) is 5.53 Å². The minimum atomic E-state index is -0.664. The summed E-state index contributed by atoms with van der Waals surface area (Å²) < 4.78 is 12.7. The molecule has 0 radical (unpaired) electrons. The van der Waals surface area contributed by atoms with E-state index < -0.39 is 6.17 Å².